The van der Waals surface area contributed by atoms with Crippen molar-refractivity contribution in [2.45, 2.75) is 46.3 Å². The molecule has 1 fully saturated rings. The van der Waals surface area contributed by atoms with Crippen molar-refractivity contribution in [1.29, 1.82) is 0 Å². The maximum Gasteiger partial charge on any atom is 0.191 e. The molecule has 7 heteroatoms. The summed E-state index contributed by atoms with van der Waals surface area (Å²) in [6.45, 7) is 11.4. The van der Waals surface area contributed by atoms with E-state index in [0.29, 0.717) is 30.5 Å². The van der Waals surface area contributed by atoms with Crippen molar-refractivity contribution in [3.63, 3.8) is 0 Å². The van der Waals surface area contributed by atoms with E-state index in [0.717, 1.165) is 25.2 Å². The lowest BCUT2D eigenvalue weighted by Gasteiger charge is -2.22. The second-order valence-corrected chi connectivity index (χ2v) is 6.71. The summed E-state index contributed by atoms with van der Waals surface area (Å²) < 4.78 is 27.0. The number of aliphatic imine (C=N–C) groups is 1. The Hall–Kier alpha value is -0.960. The molecule has 142 valence electrons. The number of nitrogens with one attached hydrogen (secondary N) is 2. The van der Waals surface area contributed by atoms with Crippen LogP contribution in [0.15, 0.2) is 23.2 Å². The smallest absolute Gasteiger partial charge is 0.191 e. The van der Waals surface area contributed by atoms with Crippen LogP contribution in [0, 0.1) is 17.6 Å². The molecule has 0 aliphatic carbocycles. The SMILES string of the molecule is CCNC(=NCc1cc(F)ccc1F)NC1CN(C(C)C)CC1C.I. The molecule has 1 aromatic carbocycles. The van der Waals surface area contributed by atoms with Crippen molar-refractivity contribution in [1.82, 2.24) is 15.5 Å². The first-order chi connectivity index (χ1) is 11.4. The first kappa shape index (κ1) is 22.1. The van der Waals surface area contributed by atoms with Gasteiger partial charge in [-0.1, -0.05) is 6.92 Å². The summed E-state index contributed by atoms with van der Waals surface area (Å²) in [5.41, 5.74) is 0.260. The largest absolute Gasteiger partial charge is 0.357 e. The van der Waals surface area contributed by atoms with Crippen LogP contribution in [0.25, 0.3) is 0 Å². The summed E-state index contributed by atoms with van der Waals surface area (Å²) in [4.78, 5) is 6.85. The molecule has 1 saturated heterocycles. The summed E-state index contributed by atoms with van der Waals surface area (Å²) >= 11 is 0. The van der Waals surface area contributed by atoms with E-state index < -0.39 is 11.6 Å². The third-order valence-electron chi connectivity index (χ3n) is 4.45. The van der Waals surface area contributed by atoms with Crippen molar-refractivity contribution in [3.05, 3.63) is 35.4 Å². The standard InChI is InChI=1S/C18H28F2N4.HI/c1-5-21-18(22-9-14-8-15(19)6-7-16(14)20)23-17-11-24(12(2)3)10-13(17)4;/h6-8,12-13,17H,5,9-11H2,1-4H3,(H2,21,22,23);1H. The Kier molecular flexibility index (Phi) is 9.06. The number of hydrogen-bond donors (Lipinski definition) is 2. The number of nitrogens with zero attached hydrogens (tertiary/aromatic N) is 2. The number of hydrogen-bond acceptors (Lipinski definition) is 2. The molecule has 0 amide bonds. The molecule has 0 saturated carbocycles. The molecule has 1 aliphatic heterocycles. The maximum absolute atomic E-state index is 13.7. The highest BCUT2D eigenvalue weighted by Crippen LogP contribution is 2.18. The maximum atomic E-state index is 13.7. The highest BCUT2D eigenvalue weighted by Gasteiger charge is 2.31. The van der Waals surface area contributed by atoms with Crippen LogP contribution in [-0.4, -0.2) is 42.6 Å². The molecule has 1 heterocycles. The van der Waals surface area contributed by atoms with Crippen molar-refractivity contribution in [2.24, 2.45) is 10.9 Å². The van der Waals surface area contributed by atoms with Crippen molar-refractivity contribution >= 4 is 29.9 Å². The molecule has 2 rings (SSSR count). The highest BCUT2D eigenvalue weighted by atomic mass is 127. The molecular weight excluding hydrogens is 437 g/mol. The lowest BCUT2D eigenvalue weighted by Crippen LogP contribution is -2.46. The van der Waals surface area contributed by atoms with Crippen molar-refractivity contribution < 1.29 is 8.78 Å². The van der Waals surface area contributed by atoms with Crippen molar-refractivity contribution in [3.8, 4) is 0 Å². The van der Waals surface area contributed by atoms with E-state index >= 15 is 0 Å². The predicted molar refractivity (Wildman–Crippen MR) is 109 cm³/mol. The lowest BCUT2D eigenvalue weighted by molar-refractivity contribution is 0.265. The van der Waals surface area contributed by atoms with Crippen LogP contribution < -0.4 is 10.6 Å². The van der Waals surface area contributed by atoms with Gasteiger partial charge in [0.05, 0.1) is 6.54 Å². The van der Waals surface area contributed by atoms with Gasteiger partial charge in [-0.3, -0.25) is 4.90 Å². The Morgan fingerprint density at radius 2 is 2.04 bits per heavy atom. The minimum Gasteiger partial charge on any atom is -0.357 e. The molecule has 2 atom stereocenters. The molecule has 0 bridgehead atoms. The summed E-state index contributed by atoms with van der Waals surface area (Å²) in [6.07, 6.45) is 0. The number of rotatable bonds is 5. The molecule has 0 aromatic heterocycles. The van der Waals surface area contributed by atoms with Crippen LogP contribution in [0.1, 0.15) is 33.3 Å². The second-order valence-electron chi connectivity index (χ2n) is 6.71. The third kappa shape index (κ3) is 6.36. The van der Waals surface area contributed by atoms with E-state index in [1.165, 1.54) is 6.07 Å². The quantitative estimate of drug-likeness (QED) is 0.397. The van der Waals surface area contributed by atoms with Gasteiger partial charge in [0.25, 0.3) is 0 Å². The molecule has 4 nitrogen and oxygen atoms in total. The lowest BCUT2D eigenvalue weighted by atomic mass is 10.1. The Morgan fingerprint density at radius 1 is 1.32 bits per heavy atom. The van der Waals surface area contributed by atoms with Crippen LogP contribution in [-0.2, 0) is 6.54 Å². The van der Waals surface area contributed by atoms with Gasteiger partial charge in [-0.05, 0) is 44.9 Å². The first-order valence-corrected chi connectivity index (χ1v) is 8.63. The number of halogens is 3. The molecule has 1 aromatic rings. The highest BCUT2D eigenvalue weighted by molar-refractivity contribution is 14.0. The molecule has 2 unspecified atom stereocenters. The van der Waals surface area contributed by atoms with Crippen molar-refractivity contribution in [2.75, 3.05) is 19.6 Å². The Bertz CT molecular complexity index is 580. The van der Waals surface area contributed by atoms with Gasteiger partial charge in [-0.25, -0.2) is 13.8 Å². The van der Waals surface area contributed by atoms with E-state index in [1.54, 1.807) is 0 Å². The number of benzene rings is 1. The van der Waals surface area contributed by atoms with Gasteiger partial charge in [0.1, 0.15) is 11.6 Å². The molecule has 0 radical (unpaired) electrons. The van der Waals surface area contributed by atoms with E-state index in [1.807, 2.05) is 6.92 Å². The minimum absolute atomic E-state index is 0. The van der Waals surface area contributed by atoms with E-state index in [4.69, 9.17) is 0 Å². The van der Waals surface area contributed by atoms with E-state index in [9.17, 15) is 8.78 Å². The predicted octanol–water partition coefficient (Wildman–Crippen LogP) is 3.37. The third-order valence-corrected chi connectivity index (χ3v) is 4.45. The van der Waals surface area contributed by atoms with Gasteiger partial charge in [-0.15, -0.1) is 24.0 Å². The monoisotopic (exact) mass is 466 g/mol. The van der Waals surface area contributed by atoms with Crippen LogP contribution in [0.3, 0.4) is 0 Å². The van der Waals surface area contributed by atoms with Gasteiger partial charge in [-0.2, -0.15) is 0 Å². The molecule has 25 heavy (non-hydrogen) atoms. The fraction of sp³-hybridized carbons (Fsp3) is 0.611. The van der Waals surface area contributed by atoms with Crippen LogP contribution in [0.2, 0.25) is 0 Å². The summed E-state index contributed by atoms with van der Waals surface area (Å²) in [5.74, 6) is 0.263. The fourth-order valence-electron chi connectivity index (χ4n) is 2.94. The average molecular weight is 466 g/mol. The molecule has 1 aliphatic rings. The van der Waals surface area contributed by atoms with Gasteiger partial charge < -0.3 is 10.6 Å². The summed E-state index contributed by atoms with van der Waals surface area (Å²) in [6, 6.07) is 4.26. The number of guanidine groups is 1. The van der Waals surface area contributed by atoms with E-state index in [-0.39, 0.29) is 36.1 Å². The van der Waals surface area contributed by atoms with Crippen LogP contribution >= 0.6 is 24.0 Å². The number of likely N-dealkylation sites (tertiary alicyclic amines) is 1. The Labute approximate surface area is 166 Å². The minimum atomic E-state index is -0.448. The molecular formula is C18H29F2IN4. The zero-order valence-electron chi connectivity index (χ0n) is 15.4. The fourth-order valence-corrected chi connectivity index (χ4v) is 2.94. The molecule has 2 N–H and O–H groups in total. The van der Waals surface area contributed by atoms with Crippen LogP contribution in [0.4, 0.5) is 8.78 Å². The second kappa shape index (κ2) is 10.3. The van der Waals surface area contributed by atoms with Crippen LogP contribution in [0.5, 0.6) is 0 Å². The first-order valence-electron chi connectivity index (χ1n) is 8.63. The van der Waals surface area contributed by atoms with Gasteiger partial charge >= 0.3 is 0 Å². The Morgan fingerprint density at radius 3 is 2.64 bits per heavy atom. The summed E-state index contributed by atoms with van der Waals surface area (Å²) in [5, 5.41) is 6.62. The van der Waals surface area contributed by atoms with E-state index in [2.05, 4.69) is 41.3 Å². The molecule has 0 spiro atoms. The Balaban J connectivity index is 0.00000312. The van der Waals surface area contributed by atoms with Gasteiger partial charge in [0.2, 0.25) is 0 Å². The van der Waals surface area contributed by atoms with Gasteiger partial charge in [0, 0.05) is 37.3 Å². The topological polar surface area (TPSA) is 39.7 Å². The normalized spacial score (nSPS) is 21.3. The zero-order chi connectivity index (χ0) is 17.7. The zero-order valence-corrected chi connectivity index (χ0v) is 17.7. The average Bonchev–Trinajstić information content (AvgIpc) is 2.89. The summed E-state index contributed by atoms with van der Waals surface area (Å²) in [7, 11) is 0. The van der Waals surface area contributed by atoms with Gasteiger partial charge in [0.15, 0.2) is 5.96 Å².